The highest BCUT2D eigenvalue weighted by molar-refractivity contribution is 14.0. The molecule has 2 aromatic rings. The first-order valence-corrected chi connectivity index (χ1v) is 9.59. The molecule has 0 bridgehead atoms. The topological polar surface area (TPSA) is 54.2 Å². The third-order valence-corrected chi connectivity index (χ3v) is 4.58. The second-order valence-electron chi connectivity index (χ2n) is 6.61. The van der Waals surface area contributed by atoms with Gasteiger partial charge in [0.25, 0.3) is 0 Å². The summed E-state index contributed by atoms with van der Waals surface area (Å²) in [5, 5.41) is 6.83. The van der Waals surface area contributed by atoms with Gasteiger partial charge in [0.15, 0.2) is 5.96 Å². The summed E-state index contributed by atoms with van der Waals surface area (Å²) in [6.07, 6.45) is 12.7. The fourth-order valence-corrected chi connectivity index (χ4v) is 3.19. The third kappa shape index (κ3) is 7.01. The highest BCUT2D eigenvalue weighted by Gasteiger charge is 2.11. The van der Waals surface area contributed by atoms with Crippen LogP contribution in [0.15, 0.2) is 59.9 Å². The van der Waals surface area contributed by atoms with E-state index in [2.05, 4.69) is 75.8 Å². The van der Waals surface area contributed by atoms with E-state index in [4.69, 9.17) is 4.99 Å². The standard InChI is InChI=1S/C21H29N5.HI/c1-2-22-21(25-19-12-6-7-13-19)24-17-20-23-14-16-26(20)15-8-11-18-9-4-3-5-10-18;/h3-7,9-10,14,16,19H,2,8,11-13,15,17H2,1H3,(H2,22,24,25);1H. The van der Waals surface area contributed by atoms with E-state index in [1.54, 1.807) is 0 Å². The van der Waals surface area contributed by atoms with Gasteiger partial charge in [0, 0.05) is 31.5 Å². The molecule has 6 heteroatoms. The molecule has 0 radical (unpaired) electrons. The molecule has 0 spiro atoms. The van der Waals surface area contributed by atoms with E-state index in [9.17, 15) is 0 Å². The van der Waals surface area contributed by atoms with Crippen LogP contribution in [0.3, 0.4) is 0 Å². The molecule has 146 valence electrons. The number of aromatic nitrogens is 2. The first-order chi connectivity index (χ1) is 12.8. The van der Waals surface area contributed by atoms with Crippen LogP contribution in [-0.2, 0) is 19.5 Å². The van der Waals surface area contributed by atoms with Crippen LogP contribution in [0.5, 0.6) is 0 Å². The number of hydrogen-bond donors (Lipinski definition) is 2. The van der Waals surface area contributed by atoms with Crippen molar-refractivity contribution in [1.29, 1.82) is 0 Å². The van der Waals surface area contributed by atoms with E-state index in [0.717, 1.165) is 50.6 Å². The number of halogens is 1. The average molecular weight is 479 g/mol. The monoisotopic (exact) mass is 479 g/mol. The summed E-state index contributed by atoms with van der Waals surface area (Å²) in [6.45, 7) is 4.51. The Labute approximate surface area is 179 Å². The van der Waals surface area contributed by atoms with Crippen molar-refractivity contribution in [3.8, 4) is 0 Å². The lowest BCUT2D eigenvalue weighted by molar-refractivity contribution is 0.605. The Kier molecular flexibility index (Phi) is 9.38. The predicted octanol–water partition coefficient (Wildman–Crippen LogP) is 3.91. The highest BCUT2D eigenvalue weighted by atomic mass is 127. The van der Waals surface area contributed by atoms with Gasteiger partial charge < -0.3 is 15.2 Å². The van der Waals surface area contributed by atoms with Gasteiger partial charge in [0.2, 0.25) is 0 Å². The predicted molar refractivity (Wildman–Crippen MR) is 123 cm³/mol. The van der Waals surface area contributed by atoms with E-state index < -0.39 is 0 Å². The molecule has 1 aromatic heterocycles. The van der Waals surface area contributed by atoms with Crippen molar-refractivity contribution in [2.24, 2.45) is 4.99 Å². The highest BCUT2D eigenvalue weighted by Crippen LogP contribution is 2.09. The normalized spacial score (nSPS) is 14.2. The molecule has 1 aliphatic carbocycles. The molecule has 2 N–H and O–H groups in total. The quantitative estimate of drug-likeness (QED) is 0.261. The van der Waals surface area contributed by atoms with Crippen LogP contribution in [0, 0.1) is 0 Å². The number of imidazole rings is 1. The van der Waals surface area contributed by atoms with Crippen molar-refractivity contribution in [1.82, 2.24) is 20.2 Å². The SMILES string of the molecule is CCNC(=NCc1nccn1CCCc1ccccc1)NC1CC=CC1.I. The molecule has 0 aliphatic heterocycles. The van der Waals surface area contributed by atoms with Gasteiger partial charge in [-0.1, -0.05) is 42.5 Å². The van der Waals surface area contributed by atoms with Crippen molar-refractivity contribution >= 4 is 29.9 Å². The zero-order chi connectivity index (χ0) is 18.0. The van der Waals surface area contributed by atoms with Gasteiger partial charge in [-0.25, -0.2) is 9.98 Å². The van der Waals surface area contributed by atoms with Gasteiger partial charge >= 0.3 is 0 Å². The second kappa shape index (κ2) is 11.8. The van der Waals surface area contributed by atoms with Gasteiger partial charge in [0.05, 0.1) is 0 Å². The molecule has 0 saturated heterocycles. The summed E-state index contributed by atoms with van der Waals surface area (Å²) < 4.78 is 2.22. The van der Waals surface area contributed by atoms with Crippen LogP contribution in [-0.4, -0.2) is 28.1 Å². The van der Waals surface area contributed by atoms with Crippen LogP contribution >= 0.6 is 24.0 Å². The Hall–Kier alpha value is -1.83. The molecule has 0 fully saturated rings. The number of benzene rings is 1. The van der Waals surface area contributed by atoms with Crippen molar-refractivity contribution in [2.45, 2.75) is 51.7 Å². The van der Waals surface area contributed by atoms with Crippen LogP contribution < -0.4 is 10.6 Å². The summed E-state index contributed by atoms with van der Waals surface area (Å²) in [4.78, 5) is 9.22. The van der Waals surface area contributed by atoms with Crippen molar-refractivity contribution in [2.75, 3.05) is 6.54 Å². The Morgan fingerprint density at radius 2 is 2.00 bits per heavy atom. The Morgan fingerprint density at radius 1 is 1.22 bits per heavy atom. The fraction of sp³-hybridized carbons (Fsp3) is 0.429. The zero-order valence-corrected chi connectivity index (χ0v) is 18.3. The number of guanidine groups is 1. The maximum atomic E-state index is 4.73. The van der Waals surface area contributed by atoms with E-state index in [-0.39, 0.29) is 24.0 Å². The molecular weight excluding hydrogens is 449 g/mol. The van der Waals surface area contributed by atoms with Crippen molar-refractivity contribution in [3.05, 3.63) is 66.3 Å². The minimum Gasteiger partial charge on any atom is -0.357 e. The molecule has 0 saturated carbocycles. The largest absolute Gasteiger partial charge is 0.357 e. The molecule has 1 heterocycles. The van der Waals surface area contributed by atoms with Gasteiger partial charge in [-0.2, -0.15) is 0 Å². The second-order valence-corrected chi connectivity index (χ2v) is 6.61. The molecule has 0 unspecified atom stereocenters. The van der Waals surface area contributed by atoms with E-state index in [1.807, 2.05) is 6.20 Å². The maximum Gasteiger partial charge on any atom is 0.191 e. The summed E-state index contributed by atoms with van der Waals surface area (Å²) in [6, 6.07) is 11.1. The fourth-order valence-electron chi connectivity index (χ4n) is 3.19. The van der Waals surface area contributed by atoms with Crippen molar-refractivity contribution < 1.29 is 0 Å². The van der Waals surface area contributed by atoms with Crippen LogP contribution in [0.2, 0.25) is 0 Å². The Balaban J connectivity index is 0.00000261. The maximum absolute atomic E-state index is 4.73. The third-order valence-electron chi connectivity index (χ3n) is 4.58. The number of nitrogens with zero attached hydrogens (tertiary/aromatic N) is 3. The smallest absolute Gasteiger partial charge is 0.191 e. The van der Waals surface area contributed by atoms with Crippen molar-refractivity contribution in [3.63, 3.8) is 0 Å². The molecular formula is C21H30IN5. The number of hydrogen-bond acceptors (Lipinski definition) is 2. The lowest BCUT2D eigenvalue weighted by Gasteiger charge is -2.16. The minimum absolute atomic E-state index is 0. The van der Waals surface area contributed by atoms with Gasteiger partial charge in [-0.15, -0.1) is 24.0 Å². The van der Waals surface area contributed by atoms with Gasteiger partial charge in [-0.3, -0.25) is 0 Å². The lowest BCUT2D eigenvalue weighted by Crippen LogP contribution is -2.42. The van der Waals surface area contributed by atoms with Crippen LogP contribution in [0.1, 0.15) is 37.6 Å². The molecule has 0 amide bonds. The molecule has 5 nitrogen and oxygen atoms in total. The number of rotatable bonds is 8. The number of aliphatic imine (C=N–C) groups is 1. The summed E-state index contributed by atoms with van der Waals surface area (Å²) >= 11 is 0. The van der Waals surface area contributed by atoms with Crippen LogP contribution in [0.25, 0.3) is 0 Å². The Morgan fingerprint density at radius 3 is 2.74 bits per heavy atom. The van der Waals surface area contributed by atoms with E-state index >= 15 is 0 Å². The minimum atomic E-state index is 0. The molecule has 27 heavy (non-hydrogen) atoms. The molecule has 0 atom stereocenters. The summed E-state index contributed by atoms with van der Waals surface area (Å²) in [7, 11) is 0. The lowest BCUT2D eigenvalue weighted by atomic mass is 10.1. The Bertz CT molecular complexity index is 715. The van der Waals surface area contributed by atoms with Crippen LogP contribution in [0.4, 0.5) is 0 Å². The number of nitrogens with one attached hydrogen (secondary N) is 2. The van der Waals surface area contributed by atoms with Gasteiger partial charge in [0.1, 0.15) is 12.4 Å². The van der Waals surface area contributed by atoms with E-state index in [0.29, 0.717) is 12.6 Å². The molecule has 3 rings (SSSR count). The summed E-state index contributed by atoms with van der Waals surface area (Å²) in [5.41, 5.74) is 1.39. The average Bonchev–Trinajstić information content (AvgIpc) is 3.33. The summed E-state index contributed by atoms with van der Waals surface area (Å²) in [5.74, 6) is 1.89. The number of aryl methyl sites for hydroxylation is 2. The first kappa shape index (κ1) is 21.5. The van der Waals surface area contributed by atoms with E-state index in [1.165, 1.54) is 5.56 Å². The molecule has 1 aliphatic rings. The zero-order valence-electron chi connectivity index (χ0n) is 16.0. The first-order valence-electron chi connectivity index (χ1n) is 9.59. The van der Waals surface area contributed by atoms with Gasteiger partial charge in [-0.05, 0) is 38.2 Å². The molecule has 1 aromatic carbocycles.